The van der Waals surface area contributed by atoms with E-state index in [-0.39, 0.29) is 42.6 Å². The fraction of sp³-hybridized carbons (Fsp3) is 0.500. The van der Waals surface area contributed by atoms with E-state index in [1.807, 2.05) is 38.1 Å². The zero-order valence-electron chi connectivity index (χ0n) is 26.1. The molecule has 3 atom stereocenters. The molecule has 0 aliphatic carbocycles. The predicted molar refractivity (Wildman–Crippen MR) is 170 cm³/mol. The summed E-state index contributed by atoms with van der Waals surface area (Å²) in [6, 6.07) is 12.8. The highest BCUT2D eigenvalue weighted by Crippen LogP contribution is 2.27. The third kappa shape index (κ3) is 7.94. The maximum Gasteiger partial charge on any atom is 0.329 e. The van der Waals surface area contributed by atoms with E-state index in [9.17, 15) is 24.0 Å². The molecule has 44 heavy (non-hydrogen) atoms. The molecule has 2 heterocycles. The van der Waals surface area contributed by atoms with Gasteiger partial charge in [-0.1, -0.05) is 72.6 Å². The lowest BCUT2D eigenvalue weighted by Crippen LogP contribution is -2.55. The number of halogens is 1. The second-order valence-corrected chi connectivity index (χ2v) is 14.1. The average molecular weight is 669 g/mol. The zero-order chi connectivity index (χ0) is 32.2. The molecule has 0 bridgehead atoms. The first-order valence-electron chi connectivity index (χ1n) is 15.3. The summed E-state index contributed by atoms with van der Waals surface area (Å²) in [6.45, 7) is 9.91. The molecule has 1 N–H and O–H groups in total. The number of carbonyl (C=O) groups excluding carboxylic acids is 5. The van der Waals surface area contributed by atoms with Gasteiger partial charge in [0.15, 0.2) is 0 Å². The Labute approximate surface area is 267 Å². The normalized spacial score (nSPS) is 18.1. The standard InChI is InChI=1S/C34H42BrN3O6/c1-21(2)18-28(33(43)44-34(3,4)5)38-20-23-13-7-6-12-22(23)19-27(32(38)42)36-29(39)26(35)16-10-11-17-37-30(40)24-14-8-9-15-25(24)31(37)41/h6-9,12-15,21,26-28H,10-11,16-20H2,1-5H3,(H,36,39). The molecule has 0 aromatic heterocycles. The van der Waals surface area contributed by atoms with E-state index in [2.05, 4.69) is 21.2 Å². The third-order valence-electron chi connectivity index (χ3n) is 7.78. The Hall–Kier alpha value is -3.53. The van der Waals surface area contributed by atoms with Crippen LogP contribution < -0.4 is 5.32 Å². The Morgan fingerprint density at radius 1 is 0.955 bits per heavy atom. The summed E-state index contributed by atoms with van der Waals surface area (Å²) in [6.07, 6.45) is 2.30. The Morgan fingerprint density at radius 2 is 1.55 bits per heavy atom. The number of unbranched alkanes of at least 4 members (excludes halogenated alkanes) is 1. The van der Waals surface area contributed by atoms with Gasteiger partial charge in [-0.2, -0.15) is 0 Å². The second kappa shape index (κ2) is 14.1. The largest absolute Gasteiger partial charge is 0.458 e. The van der Waals surface area contributed by atoms with Crippen LogP contribution in [-0.2, 0) is 32.1 Å². The number of benzene rings is 2. The molecule has 2 aliphatic heterocycles. The van der Waals surface area contributed by atoms with Crippen LogP contribution in [0, 0.1) is 5.92 Å². The van der Waals surface area contributed by atoms with Gasteiger partial charge in [0.25, 0.3) is 11.8 Å². The molecule has 3 unspecified atom stereocenters. The van der Waals surface area contributed by atoms with Gasteiger partial charge in [-0.15, -0.1) is 0 Å². The molecule has 2 aromatic carbocycles. The van der Waals surface area contributed by atoms with Crippen LogP contribution in [-0.4, -0.2) is 68.5 Å². The molecule has 0 radical (unpaired) electrons. The summed E-state index contributed by atoms with van der Waals surface area (Å²) < 4.78 is 5.74. The van der Waals surface area contributed by atoms with Crippen LogP contribution in [0.2, 0.25) is 0 Å². The molecule has 0 fully saturated rings. The Balaban J connectivity index is 1.41. The van der Waals surface area contributed by atoms with Crippen molar-refractivity contribution in [3.05, 3.63) is 70.8 Å². The van der Waals surface area contributed by atoms with E-state index in [0.29, 0.717) is 43.2 Å². The zero-order valence-corrected chi connectivity index (χ0v) is 27.7. The number of esters is 1. The first-order valence-corrected chi connectivity index (χ1v) is 16.2. The molecule has 0 spiro atoms. The van der Waals surface area contributed by atoms with Crippen molar-refractivity contribution < 1.29 is 28.7 Å². The lowest BCUT2D eigenvalue weighted by Gasteiger charge is -2.34. The summed E-state index contributed by atoms with van der Waals surface area (Å²) in [4.78, 5) is 68.2. The number of alkyl halides is 1. The highest BCUT2D eigenvalue weighted by atomic mass is 79.9. The smallest absolute Gasteiger partial charge is 0.329 e. The number of nitrogens with zero attached hydrogens (tertiary/aromatic N) is 2. The van der Waals surface area contributed by atoms with Crippen LogP contribution >= 0.6 is 15.9 Å². The number of ether oxygens (including phenoxy) is 1. The van der Waals surface area contributed by atoms with Gasteiger partial charge < -0.3 is 15.0 Å². The van der Waals surface area contributed by atoms with Crippen LogP contribution in [0.5, 0.6) is 0 Å². The quantitative estimate of drug-likeness (QED) is 0.155. The molecular formula is C34H42BrN3O6. The fourth-order valence-electron chi connectivity index (χ4n) is 5.65. The average Bonchev–Trinajstić information content (AvgIpc) is 3.11. The summed E-state index contributed by atoms with van der Waals surface area (Å²) in [5.74, 6) is -1.58. The Bertz CT molecular complexity index is 1380. The van der Waals surface area contributed by atoms with Gasteiger partial charge in [0, 0.05) is 19.5 Å². The summed E-state index contributed by atoms with van der Waals surface area (Å²) in [5.41, 5.74) is 1.99. The monoisotopic (exact) mass is 667 g/mol. The number of amides is 4. The maximum absolute atomic E-state index is 14.0. The summed E-state index contributed by atoms with van der Waals surface area (Å²) in [7, 11) is 0. The van der Waals surface area contributed by atoms with Gasteiger partial charge in [0.1, 0.15) is 17.7 Å². The topological polar surface area (TPSA) is 113 Å². The molecule has 10 heteroatoms. The molecule has 2 aromatic rings. The van der Waals surface area contributed by atoms with E-state index in [1.54, 1.807) is 49.9 Å². The number of carbonyl (C=O) groups is 5. The molecule has 2 aliphatic rings. The van der Waals surface area contributed by atoms with Gasteiger partial charge >= 0.3 is 5.97 Å². The van der Waals surface area contributed by atoms with Crippen LogP contribution in [0.1, 0.15) is 92.1 Å². The van der Waals surface area contributed by atoms with Crippen LogP contribution in [0.3, 0.4) is 0 Å². The molecule has 4 amide bonds. The van der Waals surface area contributed by atoms with Crippen molar-refractivity contribution in [2.75, 3.05) is 6.54 Å². The van der Waals surface area contributed by atoms with E-state index >= 15 is 0 Å². The molecule has 4 rings (SSSR count). The molecule has 0 saturated carbocycles. The molecule has 236 valence electrons. The Kier molecular flexibility index (Phi) is 10.7. The molecule has 9 nitrogen and oxygen atoms in total. The van der Waals surface area contributed by atoms with E-state index in [4.69, 9.17) is 4.74 Å². The minimum absolute atomic E-state index is 0.124. The number of hydrogen-bond donors (Lipinski definition) is 1. The van der Waals surface area contributed by atoms with Crippen molar-refractivity contribution in [2.45, 2.75) is 95.8 Å². The lowest BCUT2D eigenvalue weighted by atomic mass is 10.0. The van der Waals surface area contributed by atoms with Crippen LogP contribution in [0.15, 0.2) is 48.5 Å². The van der Waals surface area contributed by atoms with Crippen molar-refractivity contribution in [1.29, 1.82) is 0 Å². The maximum atomic E-state index is 14.0. The van der Waals surface area contributed by atoms with Gasteiger partial charge in [0.2, 0.25) is 11.8 Å². The highest BCUT2D eigenvalue weighted by molar-refractivity contribution is 9.10. The second-order valence-electron chi connectivity index (χ2n) is 12.9. The third-order valence-corrected chi connectivity index (χ3v) is 8.66. The van der Waals surface area contributed by atoms with E-state index < -0.39 is 28.5 Å². The minimum atomic E-state index is -0.860. The first kappa shape index (κ1) is 33.4. The number of rotatable bonds is 11. The number of fused-ring (bicyclic) bond motifs is 2. The van der Waals surface area contributed by atoms with Crippen molar-refractivity contribution in [3.63, 3.8) is 0 Å². The van der Waals surface area contributed by atoms with Crippen molar-refractivity contribution in [3.8, 4) is 0 Å². The van der Waals surface area contributed by atoms with Gasteiger partial charge in [-0.3, -0.25) is 24.1 Å². The number of hydrogen-bond acceptors (Lipinski definition) is 6. The van der Waals surface area contributed by atoms with Crippen molar-refractivity contribution in [1.82, 2.24) is 15.1 Å². The highest BCUT2D eigenvalue weighted by Gasteiger charge is 2.40. The lowest BCUT2D eigenvalue weighted by molar-refractivity contribution is -0.166. The summed E-state index contributed by atoms with van der Waals surface area (Å²) >= 11 is 3.48. The van der Waals surface area contributed by atoms with Gasteiger partial charge in [-0.25, -0.2) is 4.79 Å². The van der Waals surface area contributed by atoms with E-state index in [1.165, 1.54) is 4.90 Å². The van der Waals surface area contributed by atoms with Crippen molar-refractivity contribution in [2.24, 2.45) is 5.92 Å². The van der Waals surface area contributed by atoms with Crippen LogP contribution in [0.4, 0.5) is 0 Å². The van der Waals surface area contributed by atoms with Gasteiger partial charge in [0.05, 0.1) is 16.0 Å². The fourth-order valence-corrected chi connectivity index (χ4v) is 6.11. The Morgan fingerprint density at radius 3 is 2.14 bits per heavy atom. The van der Waals surface area contributed by atoms with Crippen molar-refractivity contribution >= 4 is 45.5 Å². The minimum Gasteiger partial charge on any atom is -0.458 e. The molecule has 0 saturated heterocycles. The van der Waals surface area contributed by atoms with Crippen LogP contribution in [0.25, 0.3) is 0 Å². The summed E-state index contributed by atoms with van der Waals surface area (Å²) in [5, 5.41) is 2.93. The first-order chi connectivity index (χ1) is 20.8. The molecular weight excluding hydrogens is 626 g/mol. The van der Waals surface area contributed by atoms with Gasteiger partial charge in [-0.05, 0) is 69.2 Å². The number of nitrogens with one attached hydrogen (secondary N) is 1. The predicted octanol–water partition coefficient (Wildman–Crippen LogP) is 5.04. The number of imide groups is 1. The van der Waals surface area contributed by atoms with E-state index in [0.717, 1.165) is 11.1 Å². The SMILES string of the molecule is CC(C)CC(C(=O)OC(C)(C)C)N1Cc2ccccc2CC(NC(=O)C(Br)CCCCN2C(=O)c3ccccc3C2=O)C1=O.